The largest absolute Gasteiger partial charge is 0.391 e. The lowest BCUT2D eigenvalue weighted by atomic mass is 9.90. The summed E-state index contributed by atoms with van der Waals surface area (Å²) in [5.74, 6) is 0.0189. The Hall–Kier alpha value is -2.09. The third-order valence-electron chi connectivity index (χ3n) is 4.70. The normalized spacial score (nSPS) is 20.1. The predicted octanol–water partition coefficient (Wildman–Crippen LogP) is 2.83. The molecule has 1 aromatic heterocycles. The molecular formula is C19H24ClN3O4. The number of ether oxygens (including phenoxy) is 1. The molecule has 2 aromatic rings. The number of hydrogen-bond acceptors (Lipinski definition) is 6. The Morgan fingerprint density at radius 2 is 2.15 bits per heavy atom. The van der Waals surface area contributed by atoms with E-state index in [2.05, 4.69) is 10.5 Å². The summed E-state index contributed by atoms with van der Waals surface area (Å²) in [6, 6.07) is 8.38. The zero-order chi connectivity index (χ0) is 19.6. The van der Waals surface area contributed by atoms with E-state index in [0.29, 0.717) is 30.3 Å². The molecule has 7 nitrogen and oxygen atoms in total. The molecule has 0 spiro atoms. The first-order valence-electron chi connectivity index (χ1n) is 8.77. The van der Waals surface area contributed by atoms with Crippen LogP contribution in [0.2, 0.25) is 5.02 Å². The molecule has 1 aliphatic rings. The molecule has 0 saturated carbocycles. The van der Waals surface area contributed by atoms with Gasteiger partial charge in [-0.2, -0.15) is 0 Å². The van der Waals surface area contributed by atoms with Gasteiger partial charge in [-0.3, -0.25) is 10.1 Å². The summed E-state index contributed by atoms with van der Waals surface area (Å²) in [6.07, 6.45) is -0.243. The zero-order valence-corrected chi connectivity index (χ0v) is 16.4. The average molecular weight is 394 g/mol. The molecule has 1 fully saturated rings. The summed E-state index contributed by atoms with van der Waals surface area (Å²) in [4.78, 5) is 14.7. The van der Waals surface area contributed by atoms with E-state index in [9.17, 15) is 9.90 Å². The van der Waals surface area contributed by atoms with Crippen LogP contribution in [0.4, 0.5) is 11.6 Å². The fourth-order valence-corrected chi connectivity index (χ4v) is 3.40. The van der Waals surface area contributed by atoms with Gasteiger partial charge in [0.05, 0.1) is 18.4 Å². The maximum absolute atomic E-state index is 12.8. The second-order valence-corrected chi connectivity index (χ2v) is 7.85. The van der Waals surface area contributed by atoms with Crippen LogP contribution in [0.15, 0.2) is 34.9 Å². The molecule has 0 radical (unpaired) electrons. The molecular weight excluding hydrogens is 370 g/mol. The van der Waals surface area contributed by atoms with Gasteiger partial charge in [-0.05, 0) is 24.3 Å². The number of amides is 1. The fraction of sp³-hybridized carbons (Fsp3) is 0.474. The van der Waals surface area contributed by atoms with Gasteiger partial charge in [0, 0.05) is 42.3 Å². The van der Waals surface area contributed by atoms with Crippen LogP contribution in [-0.2, 0) is 14.9 Å². The van der Waals surface area contributed by atoms with Gasteiger partial charge in [-0.25, -0.2) is 0 Å². The highest BCUT2D eigenvalue weighted by Crippen LogP contribution is 2.29. The Bertz CT molecular complexity index is 791. The summed E-state index contributed by atoms with van der Waals surface area (Å²) >= 11 is 5.94. The van der Waals surface area contributed by atoms with Gasteiger partial charge in [0.1, 0.15) is 6.04 Å². The van der Waals surface area contributed by atoms with Crippen molar-refractivity contribution in [3.63, 3.8) is 0 Å². The van der Waals surface area contributed by atoms with E-state index in [1.807, 2.05) is 30.9 Å². The van der Waals surface area contributed by atoms with Gasteiger partial charge in [-0.15, -0.1) is 0 Å². The lowest BCUT2D eigenvalue weighted by Crippen LogP contribution is -2.39. The summed E-state index contributed by atoms with van der Waals surface area (Å²) < 4.78 is 10.5. The highest BCUT2D eigenvalue weighted by Gasteiger charge is 2.37. The second kappa shape index (κ2) is 7.88. The summed E-state index contributed by atoms with van der Waals surface area (Å²) in [7, 11) is 1.63. The average Bonchev–Trinajstić information content (AvgIpc) is 3.23. The molecule has 146 valence electrons. The maximum Gasteiger partial charge on any atom is 0.249 e. The number of methoxy groups -OCH3 is 1. The highest BCUT2D eigenvalue weighted by atomic mass is 35.5. The van der Waals surface area contributed by atoms with Gasteiger partial charge < -0.3 is 19.3 Å². The molecule has 1 aliphatic heterocycles. The zero-order valence-electron chi connectivity index (χ0n) is 15.6. The number of nitrogens with zero attached hydrogens (tertiary/aromatic N) is 2. The lowest BCUT2D eigenvalue weighted by molar-refractivity contribution is -0.117. The van der Waals surface area contributed by atoms with Gasteiger partial charge in [0.25, 0.3) is 0 Å². The van der Waals surface area contributed by atoms with Crippen molar-refractivity contribution in [3.8, 4) is 0 Å². The Kier molecular flexibility index (Phi) is 5.74. The number of β-amino-alcohol motifs (C(OH)–C–C–N with tert-alkyl or cyclic N) is 1. The number of benzene rings is 1. The number of aromatic nitrogens is 1. The van der Waals surface area contributed by atoms with Gasteiger partial charge >= 0.3 is 0 Å². The first-order chi connectivity index (χ1) is 12.8. The molecule has 0 bridgehead atoms. The van der Waals surface area contributed by atoms with Crippen molar-refractivity contribution in [3.05, 3.63) is 41.0 Å². The number of nitrogens with one attached hydrogen (secondary N) is 1. The smallest absolute Gasteiger partial charge is 0.249 e. The van der Waals surface area contributed by atoms with E-state index >= 15 is 0 Å². The summed E-state index contributed by atoms with van der Waals surface area (Å²) in [5.41, 5.74) is 1.19. The number of anilines is 2. The summed E-state index contributed by atoms with van der Waals surface area (Å²) in [5, 5.41) is 17.5. The van der Waals surface area contributed by atoms with Gasteiger partial charge in [0.2, 0.25) is 11.8 Å². The van der Waals surface area contributed by atoms with E-state index < -0.39 is 12.1 Å². The van der Waals surface area contributed by atoms with Crippen molar-refractivity contribution in [1.82, 2.24) is 5.16 Å². The highest BCUT2D eigenvalue weighted by molar-refractivity contribution is 6.30. The number of rotatable bonds is 6. The van der Waals surface area contributed by atoms with E-state index in [4.69, 9.17) is 20.9 Å². The van der Waals surface area contributed by atoms with Crippen molar-refractivity contribution in [2.45, 2.75) is 37.8 Å². The second-order valence-electron chi connectivity index (χ2n) is 7.42. The van der Waals surface area contributed by atoms with Gasteiger partial charge in [-0.1, -0.05) is 30.6 Å². The minimum atomic E-state index is -0.581. The van der Waals surface area contributed by atoms with E-state index in [1.165, 1.54) is 0 Å². The van der Waals surface area contributed by atoms with Gasteiger partial charge in [0.15, 0.2) is 0 Å². The van der Waals surface area contributed by atoms with Crippen molar-refractivity contribution in [2.75, 3.05) is 30.5 Å². The third kappa shape index (κ3) is 4.43. The topological polar surface area (TPSA) is 87.8 Å². The van der Waals surface area contributed by atoms with E-state index in [0.717, 1.165) is 5.69 Å². The predicted molar refractivity (Wildman–Crippen MR) is 103 cm³/mol. The van der Waals surface area contributed by atoms with Crippen molar-refractivity contribution in [2.24, 2.45) is 0 Å². The Morgan fingerprint density at radius 1 is 1.44 bits per heavy atom. The number of hydrogen-bond donors (Lipinski definition) is 2. The first-order valence-corrected chi connectivity index (χ1v) is 9.15. The first kappa shape index (κ1) is 19.7. The molecule has 1 amide bonds. The molecule has 2 N–H and O–H groups in total. The monoisotopic (exact) mass is 393 g/mol. The van der Waals surface area contributed by atoms with Crippen LogP contribution in [0.3, 0.4) is 0 Å². The quantitative estimate of drug-likeness (QED) is 0.784. The third-order valence-corrected chi connectivity index (χ3v) is 4.95. The summed E-state index contributed by atoms with van der Waals surface area (Å²) in [6.45, 7) is 4.82. The van der Waals surface area contributed by atoms with Crippen LogP contribution in [0, 0.1) is 0 Å². The Morgan fingerprint density at radius 3 is 2.81 bits per heavy atom. The van der Waals surface area contributed by atoms with Crippen LogP contribution in [0.1, 0.15) is 26.0 Å². The van der Waals surface area contributed by atoms with Crippen molar-refractivity contribution >= 4 is 29.1 Å². The van der Waals surface area contributed by atoms with Crippen molar-refractivity contribution in [1.29, 1.82) is 0 Å². The minimum Gasteiger partial charge on any atom is -0.391 e. The van der Waals surface area contributed by atoms with Crippen LogP contribution in [-0.4, -0.2) is 48.6 Å². The SMILES string of the molecule is COCC(C)(C)c1cc(NC(=O)[C@@H]2C[C@@H](O)CN2c2ccc(Cl)cc2)on1. The Balaban J connectivity index is 1.73. The van der Waals surface area contributed by atoms with Crippen LogP contribution in [0.5, 0.6) is 0 Å². The van der Waals surface area contributed by atoms with E-state index in [1.54, 1.807) is 25.3 Å². The molecule has 2 heterocycles. The standard InChI is InChI=1S/C19H24ClN3O4/c1-19(2,11-26-3)16-9-17(27-22-16)21-18(25)15-8-14(24)10-23(15)13-6-4-12(20)5-7-13/h4-7,9,14-15,24H,8,10-11H2,1-3H3,(H,21,25)/t14-,15+/m1/s1. The number of aliphatic hydroxyl groups excluding tert-OH is 1. The van der Waals surface area contributed by atoms with Crippen LogP contribution >= 0.6 is 11.6 Å². The fourth-order valence-electron chi connectivity index (χ4n) is 3.27. The van der Waals surface area contributed by atoms with Crippen molar-refractivity contribution < 1.29 is 19.2 Å². The number of aliphatic hydroxyl groups is 1. The number of carbonyl (C=O) groups is 1. The van der Waals surface area contributed by atoms with Crippen LogP contribution < -0.4 is 10.2 Å². The molecule has 27 heavy (non-hydrogen) atoms. The van der Waals surface area contributed by atoms with E-state index in [-0.39, 0.29) is 17.2 Å². The maximum atomic E-state index is 12.8. The lowest BCUT2D eigenvalue weighted by Gasteiger charge is -2.25. The molecule has 0 aliphatic carbocycles. The Labute approximate surface area is 163 Å². The molecule has 3 rings (SSSR count). The minimum absolute atomic E-state index is 0.256. The molecule has 1 saturated heterocycles. The van der Waals surface area contributed by atoms with Crippen LogP contribution in [0.25, 0.3) is 0 Å². The molecule has 0 unspecified atom stereocenters. The molecule has 8 heteroatoms. The number of halogens is 1. The molecule has 2 atom stereocenters. The number of carbonyl (C=O) groups excluding carboxylic acids is 1. The molecule has 1 aromatic carbocycles.